The Labute approximate surface area is 97.2 Å². The quantitative estimate of drug-likeness (QED) is 0.819. The minimum Gasteiger partial charge on any atom is -0.374 e. The lowest BCUT2D eigenvalue weighted by Gasteiger charge is -2.32. The zero-order valence-electron chi connectivity index (χ0n) is 9.64. The summed E-state index contributed by atoms with van der Waals surface area (Å²) in [6, 6.07) is 10.6. The van der Waals surface area contributed by atoms with E-state index in [0.29, 0.717) is 6.54 Å². The average molecular weight is 220 g/mol. The molecule has 88 valence electrons. The molecule has 0 aliphatic carbocycles. The Bertz CT molecular complexity index is 302. The van der Waals surface area contributed by atoms with Crippen molar-refractivity contribution in [3.8, 4) is 0 Å². The Morgan fingerprint density at radius 3 is 2.88 bits per heavy atom. The third kappa shape index (κ3) is 3.30. The molecule has 1 aliphatic rings. The van der Waals surface area contributed by atoms with Gasteiger partial charge in [-0.3, -0.25) is 4.90 Å². The molecule has 0 amide bonds. The van der Waals surface area contributed by atoms with E-state index in [-0.39, 0.29) is 6.10 Å². The summed E-state index contributed by atoms with van der Waals surface area (Å²) < 4.78 is 5.54. The number of rotatable bonds is 4. The fourth-order valence-corrected chi connectivity index (χ4v) is 2.06. The predicted molar refractivity (Wildman–Crippen MR) is 65.4 cm³/mol. The summed E-state index contributed by atoms with van der Waals surface area (Å²) in [6.45, 7) is 4.55. The SMILES string of the molecule is NC[C@@H]1CN(CCc2ccccc2)CCO1. The lowest BCUT2D eigenvalue weighted by Crippen LogP contribution is -2.46. The highest BCUT2D eigenvalue weighted by atomic mass is 16.5. The number of hydrogen-bond acceptors (Lipinski definition) is 3. The van der Waals surface area contributed by atoms with Gasteiger partial charge in [-0.1, -0.05) is 30.3 Å². The molecule has 1 aromatic rings. The van der Waals surface area contributed by atoms with Gasteiger partial charge in [0, 0.05) is 26.2 Å². The van der Waals surface area contributed by atoms with Crippen LogP contribution in [0.25, 0.3) is 0 Å². The molecule has 1 fully saturated rings. The summed E-state index contributed by atoms with van der Waals surface area (Å²) in [5, 5.41) is 0. The van der Waals surface area contributed by atoms with Crippen LogP contribution < -0.4 is 5.73 Å². The summed E-state index contributed by atoms with van der Waals surface area (Å²) in [4.78, 5) is 2.44. The number of benzene rings is 1. The second-order valence-electron chi connectivity index (χ2n) is 4.26. The summed E-state index contributed by atoms with van der Waals surface area (Å²) >= 11 is 0. The van der Waals surface area contributed by atoms with Gasteiger partial charge < -0.3 is 10.5 Å². The molecule has 1 saturated heterocycles. The van der Waals surface area contributed by atoms with Gasteiger partial charge in [-0.05, 0) is 12.0 Å². The lowest BCUT2D eigenvalue weighted by atomic mass is 10.1. The molecule has 0 bridgehead atoms. The number of hydrogen-bond donors (Lipinski definition) is 1. The van der Waals surface area contributed by atoms with Gasteiger partial charge in [0.1, 0.15) is 0 Å². The zero-order valence-corrected chi connectivity index (χ0v) is 9.64. The third-order valence-electron chi connectivity index (χ3n) is 3.05. The van der Waals surface area contributed by atoms with E-state index in [9.17, 15) is 0 Å². The summed E-state index contributed by atoms with van der Waals surface area (Å²) in [7, 11) is 0. The highest BCUT2D eigenvalue weighted by molar-refractivity contribution is 5.14. The fourth-order valence-electron chi connectivity index (χ4n) is 2.06. The van der Waals surface area contributed by atoms with Gasteiger partial charge in [-0.2, -0.15) is 0 Å². The molecule has 1 atom stereocenters. The van der Waals surface area contributed by atoms with Crippen molar-refractivity contribution in [3.63, 3.8) is 0 Å². The van der Waals surface area contributed by atoms with Crippen molar-refractivity contribution in [3.05, 3.63) is 35.9 Å². The van der Waals surface area contributed by atoms with Crippen molar-refractivity contribution in [1.82, 2.24) is 4.90 Å². The fraction of sp³-hybridized carbons (Fsp3) is 0.538. The zero-order chi connectivity index (χ0) is 11.2. The maximum absolute atomic E-state index is 5.62. The Morgan fingerprint density at radius 1 is 1.31 bits per heavy atom. The van der Waals surface area contributed by atoms with Gasteiger partial charge in [0.15, 0.2) is 0 Å². The summed E-state index contributed by atoms with van der Waals surface area (Å²) in [6.07, 6.45) is 1.34. The number of ether oxygens (including phenoxy) is 1. The second-order valence-corrected chi connectivity index (χ2v) is 4.26. The van der Waals surface area contributed by atoms with E-state index in [1.54, 1.807) is 0 Å². The van der Waals surface area contributed by atoms with Crippen LogP contribution in [0.3, 0.4) is 0 Å². The van der Waals surface area contributed by atoms with Gasteiger partial charge in [0.05, 0.1) is 12.7 Å². The minimum atomic E-state index is 0.226. The van der Waals surface area contributed by atoms with Crippen LogP contribution in [0.15, 0.2) is 30.3 Å². The van der Waals surface area contributed by atoms with Gasteiger partial charge in [0.2, 0.25) is 0 Å². The van der Waals surface area contributed by atoms with E-state index in [1.807, 2.05) is 0 Å². The molecular formula is C13H20N2O. The second kappa shape index (κ2) is 5.99. The van der Waals surface area contributed by atoms with Crippen molar-refractivity contribution < 1.29 is 4.74 Å². The van der Waals surface area contributed by atoms with Gasteiger partial charge in [-0.15, -0.1) is 0 Å². The number of morpholine rings is 1. The molecule has 0 saturated carbocycles. The number of nitrogens with zero attached hydrogens (tertiary/aromatic N) is 1. The molecule has 16 heavy (non-hydrogen) atoms. The van der Waals surface area contributed by atoms with Crippen molar-refractivity contribution in [1.29, 1.82) is 0 Å². The van der Waals surface area contributed by atoms with E-state index >= 15 is 0 Å². The average Bonchev–Trinajstić information content (AvgIpc) is 2.38. The van der Waals surface area contributed by atoms with Gasteiger partial charge in [0.25, 0.3) is 0 Å². The van der Waals surface area contributed by atoms with Crippen LogP contribution in [0.5, 0.6) is 0 Å². The van der Waals surface area contributed by atoms with Crippen molar-refractivity contribution in [2.45, 2.75) is 12.5 Å². The normalized spacial score (nSPS) is 22.2. The van der Waals surface area contributed by atoms with Crippen LogP contribution in [0, 0.1) is 0 Å². The van der Waals surface area contributed by atoms with Crippen LogP contribution in [-0.2, 0) is 11.2 Å². The van der Waals surface area contributed by atoms with E-state index in [0.717, 1.165) is 32.7 Å². The topological polar surface area (TPSA) is 38.5 Å². The largest absolute Gasteiger partial charge is 0.374 e. The first-order valence-electron chi connectivity index (χ1n) is 5.96. The molecule has 0 spiro atoms. The van der Waals surface area contributed by atoms with E-state index < -0.39 is 0 Å². The summed E-state index contributed by atoms with van der Waals surface area (Å²) in [5.41, 5.74) is 7.02. The Kier molecular flexibility index (Phi) is 4.34. The molecule has 2 rings (SSSR count). The van der Waals surface area contributed by atoms with E-state index in [1.165, 1.54) is 5.56 Å². The van der Waals surface area contributed by atoms with Gasteiger partial charge in [-0.25, -0.2) is 0 Å². The molecule has 3 nitrogen and oxygen atoms in total. The maximum atomic E-state index is 5.62. The minimum absolute atomic E-state index is 0.226. The monoisotopic (exact) mass is 220 g/mol. The highest BCUT2D eigenvalue weighted by Gasteiger charge is 2.18. The molecule has 3 heteroatoms. The predicted octanol–water partition coefficient (Wildman–Crippen LogP) is 0.889. The Hall–Kier alpha value is -0.900. The van der Waals surface area contributed by atoms with Crippen LogP contribution >= 0.6 is 0 Å². The molecule has 1 aromatic carbocycles. The highest BCUT2D eigenvalue weighted by Crippen LogP contribution is 2.06. The molecule has 1 heterocycles. The number of nitrogens with two attached hydrogens (primary N) is 1. The first-order chi connectivity index (χ1) is 7.88. The molecule has 1 aliphatic heterocycles. The third-order valence-corrected chi connectivity index (χ3v) is 3.05. The van der Waals surface area contributed by atoms with E-state index in [2.05, 4.69) is 35.2 Å². The molecule has 0 radical (unpaired) electrons. The first kappa shape index (κ1) is 11.6. The van der Waals surface area contributed by atoms with Gasteiger partial charge >= 0.3 is 0 Å². The summed E-state index contributed by atoms with van der Waals surface area (Å²) in [5.74, 6) is 0. The first-order valence-corrected chi connectivity index (χ1v) is 5.96. The standard InChI is InChI=1S/C13H20N2O/c14-10-13-11-15(8-9-16-13)7-6-12-4-2-1-3-5-12/h1-5,13H,6-11,14H2/t13-/m1/s1. The molecule has 2 N–H and O–H groups in total. The van der Waals surface area contributed by atoms with Crippen LogP contribution in [-0.4, -0.2) is 43.8 Å². The lowest BCUT2D eigenvalue weighted by molar-refractivity contribution is -0.0226. The molecule has 0 aromatic heterocycles. The molecular weight excluding hydrogens is 200 g/mol. The smallest absolute Gasteiger partial charge is 0.0824 e. The Morgan fingerprint density at radius 2 is 2.12 bits per heavy atom. The van der Waals surface area contributed by atoms with Crippen LogP contribution in [0.1, 0.15) is 5.56 Å². The maximum Gasteiger partial charge on any atom is 0.0824 e. The van der Waals surface area contributed by atoms with Crippen LogP contribution in [0.4, 0.5) is 0 Å². The van der Waals surface area contributed by atoms with Crippen molar-refractivity contribution in [2.24, 2.45) is 5.73 Å². The van der Waals surface area contributed by atoms with Crippen molar-refractivity contribution >= 4 is 0 Å². The molecule has 0 unspecified atom stereocenters. The Balaban J connectivity index is 1.77. The van der Waals surface area contributed by atoms with Crippen LogP contribution in [0.2, 0.25) is 0 Å². The van der Waals surface area contributed by atoms with E-state index in [4.69, 9.17) is 10.5 Å². The van der Waals surface area contributed by atoms with Crippen molar-refractivity contribution in [2.75, 3.05) is 32.8 Å².